The second-order valence-corrected chi connectivity index (χ2v) is 6.30. The molecule has 0 atom stereocenters. The summed E-state index contributed by atoms with van der Waals surface area (Å²) in [6.07, 6.45) is 0.733. The Labute approximate surface area is 139 Å². The molecule has 0 radical (unpaired) electrons. The zero-order valence-electron chi connectivity index (χ0n) is 12.5. The lowest BCUT2D eigenvalue weighted by Crippen LogP contribution is -2.19. The van der Waals surface area contributed by atoms with Gasteiger partial charge < -0.3 is 4.74 Å². The molecule has 1 aliphatic heterocycles. The Bertz CT molecular complexity index is 736. The molecule has 0 saturated carbocycles. The Morgan fingerprint density at radius 3 is 2.35 bits per heavy atom. The number of hydrogen-bond donors (Lipinski definition) is 0. The highest BCUT2D eigenvalue weighted by Crippen LogP contribution is 2.31. The summed E-state index contributed by atoms with van der Waals surface area (Å²) in [5, 5.41) is -0.0570. The van der Waals surface area contributed by atoms with Gasteiger partial charge in [-0.2, -0.15) is 0 Å². The number of cyclic esters (lactones) is 1. The molecular weight excluding hydrogens is 308 g/mol. The van der Waals surface area contributed by atoms with E-state index in [1.54, 1.807) is 0 Å². The maximum absolute atomic E-state index is 12.3. The molecule has 0 amide bonds. The van der Waals surface area contributed by atoms with E-state index in [1.807, 2.05) is 60.7 Å². The van der Waals surface area contributed by atoms with Crippen LogP contribution in [0.3, 0.4) is 0 Å². The summed E-state index contributed by atoms with van der Waals surface area (Å²) < 4.78 is 5.14. The van der Waals surface area contributed by atoms with Gasteiger partial charge in [0.05, 0.1) is 6.61 Å². The van der Waals surface area contributed by atoms with Gasteiger partial charge >= 0.3 is 5.97 Å². The molecule has 1 aliphatic rings. The van der Waals surface area contributed by atoms with Gasteiger partial charge in [0.1, 0.15) is 0 Å². The van der Waals surface area contributed by atoms with Gasteiger partial charge in [0, 0.05) is 23.3 Å². The lowest BCUT2D eigenvalue weighted by Gasteiger charge is -2.19. The van der Waals surface area contributed by atoms with Gasteiger partial charge in [-0.3, -0.25) is 4.79 Å². The third-order valence-corrected chi connectivity index (χ3v) is 4.49. The standard InChI is InChI=1S/C19H16O3S/c20-18(23-15-9-5-2-6-10-15)13-17-16(11-12-22-19(17)21)14-7-3-1-4-8-14/h1-10H,11-13H2. The Morgan fingerprint density at radius 2 is 1.65 bits per heavy atom. The number of esters is 1. The molecule has 4 heteroatoms. The number of hydrogen-bond acceptors (Lipinski definition) is 4. The predicted octanol–water partition coefficient (Wildman–Crippen LogP) is 4.10. The summed E-state index contributed by atoms with van der Waals surface area (Å²) in [5.74, 6) is -0.378. The van der Waals surface area contributed by atoms with Crippen molar-refractivity contribution in [2.24, 2.45) is 0 Å². The van der Waals surface area contributed by atoms with Crippen molar-refractivity contribution in [2.45, 2.75) is 17.7 Å². The number of carbonyl (C=O) groups is 2. The molecule has 0 fully saturated rings. The van der Waals surface area contributed by atoms with Crippen molar-refractivity contribution >= 4 is 28.4 Å². The number of rotatable bonds is 4. The van der Waals surface area contributed by atoms with Gasteiger partial charge in [-0.05, 0) is 23.3 Å². The average Bonchev–Trinajstić information content (AvgIpc) is 2.58. The molecule has 0 unspecified atom stereocenters. The molecule has 3 rings (SSSR count). The van der Waals surface area contributed by atoms with Crippen molar-refractivity contribution in [3.63, 3.8) is 0 Å². The smallest absolute Gasteiger partial charge is 0.334 e. The highest BCUT2D eigenvalue weighted by atomic mass is 32.2. The van der Waals surface area contributed by atoms with E-state index in [4.69, 9.17) is 4.74 Å². The van der Waals surface area contributed by atoms with E-state index >= 15 is 0 Å². The molecular formula is C19H16O3S. The van der Waals surface area contributed by atoms with Gasteiger partial charge in [0.15, 0.2) is 5.12 Å². The van der Waals surface area contributed by atoms with Crippen LogP contribution in [0, 0.1) is 0 Å². The third-order valence-electron chi connectivity index (χ3n) is 3.61. The Morgan fingerprint density at radius 1 is 1.00 bits per heavy atom. The number of benzene rings is 2. The van der Waals surface area contributed by atoms with Crippen LogP contribution in [0.15, 0.2) is 71.1 Å². The molecule has 1 heterocycles. The number of thioether (sulfide) groups is 1. The minimum atomic E-state index is -0.378. The van der Waals surface area contributed by atoms with Crippen LogP contribution in [0.1, 0.15) is 18.4 Å². The molecule has 0 aromatic heterocycles. The highest BCUT2D eigenvalue weighted by Gasteiger charge is 2.25. The second kappa shape index (κ2) is 7.29. The summed E-state index contributed by atoms with van der Waals surface area (Å²) in [6, 6.07) is 19.2. The quantitative estimate of drug-likeness (QED) is 0.627. The van der Waals surface area contributed by atoms with Crippen LogP contribution >= 0.6 is 11.8 Å². The van der Waals surface area contributed by atoms with Crippen molar-refractivity contribution < 1.29 is 14.3 Å². The Hall–Kier alpha value is -2.33. The van der Waals surface area contributed by atoms with E-state index in [-0.39, 0.29) is 17.5 Å². The maximum Gasteiger partial charge on any atom is 0.334 e. The topological polar surface area (TPSA) is 43.4 Å². The minimum absolute atomic E-state index is 0.0570. The van der Waals surface area contributed by atoms with Crippen LogP contribution in [-0.2, 0) is 14.3 Å². The van der Waals surface area contributed by atoms with Crippen LogP contribution in [-0.4, -0.2) is 17.7 Å². The number of ether oxygens (including phenoxy) is 1. The first-order chi connectivity index (χ1) is 11.2. The van der Waals surface area contributed by atoms with Crippen molar-refractivity contribution in [3.8, 4) is 0 Å². The summed E-state index contributed by atoms with van der Waals surface area (Å²) in [5.41, 5.74) is 2.39. The Kier molecular flexibility index (Phi) is 4.93. The fraction of sp³-hybridized carbons (Fsp3) is 0.158. The van der Waals surface area contributed by atoms with Gasteiger partial charge in [0.25, 0.3) is 0 Å². The molecule has 0 saturated heterocycles. The zero-order chi connectivity index (χ0) is 16.1. The van der Waals surface area contributed by atoms with Gasteiger partial charge in [0.2, 0.25) is 0 Å². The summed E-state index contributed by atoms with van der Waals surface area (Å²) >= 11 is 1.16. The van der Waals surface area contributed by atoms with Crippen molar-refractivity contribution in [1.29, 1.82) is 0 Å². The monoisotopic (exact) mass is 324 g/mol. The van der Waals surface area contributed by atoms with Crippen LogP contribution in [0.2, 0.25) is 0 Å². The molecule has 3 nitrogen and oxygen atoms in total. The molecule has 0 bridgehead atoms. The van der Waals surface area contributed by atoms with Gasteiger partial charge in [-0.25, -0.2) is 4.79 Å². The minimum Gasteiger partial charge on any atom is -0.462 e. The van der Waals surface area contributed by atoms with Crippen molar-refractivity contribution in [3.05, 3.63) is 71.8 Å². The first kappa shape index (κ1) is 15.6. The van der Waals surface area contributed by atoms with E-state index in [1.165, 1.54) is 0 Å². The highest BCUT2D eigenvalue weighted by molar-refractivity contribution is 8.13. The summed E-state index contributed by atoms with van der Waals surface area (Å²) in [7, 11) is 0. The molecule has 23 heavy (non-hydrogen) atoms. The molecule has 116 valence electrons. The van der Waals surface area contributed by atoms with Crippen molar-refractivity contribution in [2.75, 3.05) is 6.61 Å². The Balaban J connectivity index is 1.83. The molecule has 2 aromatic carbocycles. The van der Waals surface area contributed by atoms with Crippen LogP contribution < -0.4 is 0 Å². The van der Waals surface area contributed by atoms with E-state index in [2.05, 4.69) is 0 Å². The number of carbonyl (C=O) groups excluding carboxylic acids is 2. The van der Waals surface area contributed by atoms with Crippen LogP contribution in [0.5, 0.6) is 0 Å². The maximum atomic E-state index is 12.3. The largest absolute Gasteiger partial charge is 0.462 e. The van der Waals surface area contributed by atoms with Gasteiger partial charge in [-0.1, -0.05) is 60.3 Å². The molecule has 0 N–H and O–H groups in total. The zero-order valence-corrected chi connectivity index (χ0v) is 13.3. The second-order valence-electron chi connectivity index (χ2n) is 5.17. The normalized spacial score (nSPS) is 14.5. The fourth-order valence-corrected chi connectivity index (χ4v) is 3.32. The first-order valence-corrected chi connectivity index (χ1v) is 8.26. The van der Waals surface area contributed by atoms with Crippen LogP contribution in [0.25, 0.3) is 5.57 Å². The van der Waals surface area contributed by atoms with E-state index in [9.17, 15) is 9.59 Å². The average molecular weight is 324 g/mol. The first-order valence-electron chi connectivity index (χ1n) is 7.44. The lowest BCUT2D eigenvalue weighted by atomic mass is 9.94. The van der Waals surface area contributed by atoms with E-state index in [0.29, 0.717) is 18.6 Å². The molecule has 2 aromatic rings. The van der Waals surface area contributed by atoms with Gasteiger partial charge in [-0.15, -0.1) is 0 Å². The summed E-state index contributed by atoms with van der Waals surface area (Å²) in [4.78, 5) is 25.3. The van der Waals surface area contributed by atoms with E-state index < -0.39 is 0 Å². The molecule has 0 spiro atoms. The van der Waals surface area contributed by atoms with E-state index in [0.717, 1.165) is 27.8 Å². The van der Waals surface area contributed by atoms with Crippen LogP contribution in [0.4, 0.5) is 0 Å². The third kappa shape index (κ3) is 3.90. The van der Waals surface area contributed by atoms with Crippen molar-refractivity contribution in [1.82, 2.24) is 0 Å². The fourth-order valence-electron chi connectivity index (χ4n) is 2.54. The lowest BCUT2D eigenvalue weighted by molar-refractivity contribution is -0.140. The molecule has 0 aliphatic carbocycles. The summed E-state index contributed by atoms with van der Waals surface area (Å²) in [6.45, 7) is 0.368. The SMILES string of the molecule is O=C(CC1=C(c2ccccc2)CCOC1=O)Sc1ccccc1. The predicted molar refractivity (Wildman–Crippen MR) is 90.9 cm³/mol.